The van der Waals surface area contributed by atoms with Gasteiger partial charge >= 0.3 is 0 Å². The molecule has 2 aliphatic rings. The molecule has 3 atom stereocenters. The number of hydrogen-bond donors (Lipinski definition) is 2. The first kappa shape index (κ1) is 19.4. The fourth-order valence-corrected chi connectivity index (χ4v) is 5.06. The van der Waals surface area contributed by atoms with Crippen LogP contribution in [0.25, 0.3) is 0 Å². The van der Waals surface area contributed by atoms with E-state index in [4.69, 9.17) is 0 Å². The molecule has 8 nitrogen and oxygen atoms in total. The molecule has 2 saturated heterocycles. The number of nitrogens with one attached hydrogen (secondary N) is 2. The standard InChI is InChI=1S/C21H27N5O3/c1-12-4-7-18(26(28)29)19(8-12)25-16-5-6-17(25)10-15(9-16)11-22-21(27)20-13(2)23-24-14(20)3/h4,7-8,15-17H,5-6,9-11H2,1-3H3,(H,22,27)(H,23,24)/t15?,16-,17+. The topological polar surface area (TPSA) is 104 Å². The van der Waals surface area contributed by atoms with Crippen molar-refractivity contribution in [3.05, 3.63) is 50.8 Å². The highest BCUT2D eigenvalue weighted by atomic mass is 16.6. The van der Waals surface area contributed by atoms with Crippen LogP contribution in [-0.2, 0) is 0 Å². The molecule has 0 saturated carbocycles. The number of carbonyl (C=O) groups excluding carboxylic acids is 1. The maximum Gasteiger partial charge on any atom is 0.292 e. The molecule has 2 bridgehead atoms. The summed E-state index contributed by atoms with van der Waals surface area (Å²) in [6.07, 6.45) is 3.96. The summed E-state index contributed by atoms with van der Waals surface area (Å²) in [5, 5.41) is 21.6. The number of aryl methyl sites for hydroxylation is 3. The molecule has 2 aliphatic heterocycles. The van der Waals surface area contributed by atoms with Gasteiger partial charge in [-0.3, -0.25) is 20.0 Å². The fraction of sp³-hybridized carbons (Fsp3) is 0.524. The molecule has 1 unspecified atom stereocenters. The third kappa shape index (κ3) is 3.59. The third-order valence-corrected chi connectivity index (χ3v) is 6.34. The quantitative estimate of drug-likeness (QED) is 0.594. The zero-order chi connectivity index (χ0) is 20.7. The van der Waals surface area contributed by atoms with Crippen molar-refractivity contribution in [3.8, 4) is 0 Å². The average Bonchev–Trinajstić information content (AvgIpc) is 3.14. The Labute approximate surface area is 169 Å². The van der Waals surface area contributed by atoms with E-state index in [0.29, 0.717) is 23.7 Å². The van der Waals surface area contributed by atoms with E-state index in [1.165, 1.54) is 0 Å². The van der Waals surface area contributed by atoms with Crippen LogP contribution < -0.4 is 10.2 Å². The molecule has 2 fully saturated rings. The number of H-pyrrole nitrogens is 1. The number of benzene rings is 1. The lowest BCUT2D eigenvalue weighted by Crippen LogP contribution is -2.46. The number of carbonyl (C=O) groups is 1. The van der Waals surface area contributed by atoms with Gasteiger partial charge < -0.3 is 10.2 Å². The van der Waals surface area contributed by atoms with Crippen molar-refractivity contribution in [1.82, 2.24) is 15.5 Å². The van der Waals surface area contributed by atoms with Gasteiger partial charge in [0.2, 0.25) is 0 Å². The summed E-state index contributed by atoms with van der Waals surface area (Å²) in [6.45, 7) is 6.27. The summed E-state index contributed by atoms with van der Waals surface area (Å²) in [6, 6.07) is 5.93. The van der Waals surface area contributed by atoms with Crippen LogP contribution in [0.1, 0.15) is 53.0 Å². The highest BCUT2D eigenvalue weighted by Crippen LogP contribution is 2.44. The number of rotatable bonds is 5. The Bertz CT molecular complexity index is 920. The first-order chi connectivity index (χ1) is 13.8. The maximum atomic E-state index is 12.6. The molecule has 1 amide bonds. The second kappa shape index (κ2) is 7.50. The highest BCUT2D eigenvalue weighted by Gasteiger charge is 2.42. The molecule has 1 aromatic heterocycles. The minimum absolute atomic E-state index is 0.0853. The lowest BCUT2D eigenvalue weighted by atomic mass is 9.89. The van der Waals surface area contributed by atoms with Crippen LogP contribution >= 0.6 is 0 Å². The molecule has 0 radical (unpaired) electrons. The van der Waals surface area contributed by atoms with Crippen LogP contribution in [0.2, 0.25) is 0 Å². The fourth-order valence-electron chi connectivity index (χ4n) is 5.06. The van der Waals surface area contributed by atoms with Gasteiger partial charge in [-0.05, 0) is 64.0 Å². The largest absolute Gasteiger partial charge is 0.360 e. The molecule has 8 heteroatoms. The first-order valence-corrected chi connectivity index (χ1v) is 10.2. The van der Waals surface area contributed by atoms with Crippen LogP contribution in [0.4, 0.5) is 11.4 Å². The van der Waals surface area contributed by atoms with Gasteiger partial charge in [0, 0.05) is 30.4 Å². The van der Waals surface area contributed by atoms with E-state index in [2.05, 4.69) is 20.4 Å². The normalized spacial score (nSPS) is 23.3. The SMILES string of the molecule is Cc1ccc([N+](=O)[O-])c(N2[C@@H]3CC[C@H]2CC(CNC(=O)c2c(C)n[nH]c2C)C3)c1. The van der Waals surface area contributed by atoms with Crippen molar-refractivity contribution in [2.24, 2.45) is 5.92 Å². The molecule has 1 aromatic carbocycles. The van der Waals surface area contributed by atoms with Gasteiger partial charge in [0.25, 0.3) is 11.6 Å². The molecule has 154 valence electrons. The molecule has 29 heavy (non-hydrogen) atoms. The number of piperidine rings is 1. The highest BCUT2D eigenvalue weighted by molar-refractivity contribution is 5.96. The number of aromatic nitrogens is 2. The Balaban J connectivity index is 1.46. The van der Waals surface area contributed by atoms with Crippen molar-refractivity contribution in [1.29, 1.82) is 0 Å². The van der Waals surface area contributed by atoms with Gasteiger partial charge in [0.05, 0.1) is 16.2 Å². The monoisotopic (exact) mass is 397 g/mol. The minimum atomic E-state index is -0.282. The summed E-state index contributed by atoms with van der Waals surface area (Å²) < 4.78 is 0. The lowest BCUT2D eigenvalue weighted by molar-refractivity contribution is -0.384. The van der Waals surface area contributed by atoms with E-state index in [1.54, 1.807) is 12.1 Å². The van der Waals surface area contributed by atoms with Gasteiger partial charge in [-0.15, -0.1) is 0 Å². The molecule has 0 spiro atoms. The molecular formula is C21H27N5O3. The number of nitrogens with zero attached hydrogens (tertiary/aromatic N) is 3. The Morgan fingerprint density at radius 3 is 2.55 bits per heavy atom. The van der Waals surface area contributed by atoms with E-state index >= 15 is 0 Å². The molecule has 2 aromatic rings. The van der Waals surface area contributed by atoms with Crippen LogP contribution in [0, 0.1) is 36.8 Å². The smallest absolute Gasteiger partial charge is 0.292 e. The lowest BCUT2D eigenvalue weighted by Gasteiger charge is -2.40. The van der Waals surface area contributed by atoms with E-state index in [1.807, 2.05) is 26.8 Å². The predicted molar refractivity (Wildman–Crippen MR) is 110 cm³/mol. The number of aromatic amines is 1. The van der Waals surface area contributed by atoms with Crippen LogP contribution in [0.5, 0.6) is 0 Å². The zero-order valence-electron chi connectivity index (χ0n) is 17.1. The summed E-state index contributed by atoms with van der Waals surface area (Å²) >= 11 is 0. The number of hydrogen-bond acceptors (Lipinski definition) is 5. The summed E-state index contributed by atoms with van der Waals surface area (Å²) in [5.41, 5.74) is 4.08. The van der Waals surface area contributed by atoms with E-state index < -0.39 is 0 Å². The first-order valence-electron chi connectivity index (χ1n) is 10.2. The number of amides is 1. The van der Waals surface area contributed by atoms with Gasteiger partial charge in [0.1, 0.15) is 5.69 Å². The van der Waals surface area contributed by atoms with E-state index in [9.17, 15) is 14.9 Å². The maximum absolute atomic E-state index is 12.6. The molecule has 0 aliphatic carbocycles. The molecular weight excluding hydrogens is 370 g/mol. The number of nitro groups is 1. The second-order valence-corrected chi connectivity index (χ2v) is 8.40. The van der Waals surface area contributed by atoms with Crippen molar-refractivity contribution in [2.75, 3.05) is 11.4 Å². The van der Waals surface area contributed by atoms with Crippen molar-refractivity contribution in [3.63, 3.8) is 0 Å². The van der Waals surface area contributed by atoms with E-state index in [-0.39, 0.29) is 28.6 Å². The van der Waals surface area contributed by atoms with Crippen molar-refractivity contribution < 1.29 is 9.72 Å². The Morgan fingerprint density at radius 2 is 1.97 bits per heavy atom. The predicted octanol–water partition coefficient (Wildman–Crippen LogP) is 3.42. The van der Waals surface area contributed by atoms with Gasteiger partial charge in [-0.25, -0.2) is 0 Å². The van der Waals surface area contributed by atoms with Crippen LogP contribution in [0.3, 0.4) is 0 Å². The molecule has 2 N–H and O–H groups in total. The summed E-state index contributed by atoms with van der Waals surface area (Å²) in [7, 11) is 0. The number of nitro benzene ring substituents is 1. The number of fused-ring (bicyclic) bond motifs is 2. The average molecular weight is 397 g/mol. The Hall–Kier alpha value is -2.90. The van der Waals surface area contributed by atoms with Crippen LogP contribution in [0.15, 0.2) is 18.2 Å². The van der Waals surface area contributed by atoms with Gasteiger partial charge in [-0.1, -0.05) is 6.07 Å². The van der Waals surface area contributed by atoms with Crippen molar-refractivity contribution >= 4 is 17.3 Å². The van der Waals surface area contributed by atoms with Gasteiger partial charge in [0.15, 0.2) is 0 Å². The Morgan fingerprint density at radius 1 is 1.28 bits per heavy atom. The summed E-state index contributed by atoms with van der Waals surface area (Å²) in [5.74, 6) is 0.293. The minimum Gasteiger partial charge on any atom is -0.360 e. The van der Waals surface area contributed by atoms with Crippen molar-refractivity contribution in [2.45, 2.75) is 58.5 Å². The zero-order valence-corrected chi connectivity index (χ0v) is 17.1. The van der Waals surface area contributed by atoms with E-state index in [0.717, 1.165) is 42.6 Å². The van der Waals surface area contributed by atoms with Crippen LogP contribution in [-0.4, -0.2) is 39.7 Å². The molecule has 3 heterocycles. The van der Waals surface area contributed by atoms with Gasteiger partial charge in [-0.2, -0.15) is 5.10 Å². The number of anilines is 1. The second-order valence-electron chi connectivity index (χ2n) is 8.40. The third-order valence-electron chi connectivity index (χ3n) is 6.34. The summed E-state index contributed by atoms with van der Waals surface area (Å²) in [4.78, 5) is 26.1. The molecule has 4 rings (SSSR count). The Kier molecular flexibility index (Phi) is 5.02.